The van der Waals surface area contributed by atoms with Crippen molar-refractivity contribution in [2.24, 2.45) is 0 Å². The molecule has 2 aromatic rings. The fourth-order valence-corrected chi connectivity index (χ4v) is 3.72. The summed E-state index contributed by atoms with van der Waals surface area (Å²) in [5.74, 6) is -0.277. The molecule has 1 saturated carbocycles. The Morgan fingerprint density at radius 3 is 2.08 bits per heavy atom. The summed E-state index contributed by atoms with van der Waals surface area (Å²) in [6.45, 7) is 0. The van der Waals surface area contributed by atoms with Gasteiger partial charge in [-0.25, -0.2) is 0 Å². The molecule has 0 heterocycles. The molecule has 1 N–H and O–H groups in total. The third-order valence-corrected chi connectivity index (χ3v) is 5.06. The van der Waals surface area contributed by atoms with Crippen LogP contribution in [0.25, 0.3) is 0 Å². The van der Waals surface area contributed by atoms with Crippen LogP contribution in [0.3, 0.4) is 0 Å². The molecule has 0 spiro atoms. The fraction of sp³-hybridized carbons (Fsp3) is 0.350. The lowest BCUT2D eigenvalue weighted by Crippen LogP contribution is -2.52. The van der Waals surface area contributed by atoms with Gasteiger partial charge in [-0.1, -0.05) is 55.0 Å². The standard InChI is InChI=1S/C20H22N2O3/c23-19(17-12-6-2-7-13-17)21-18(16-10-4-1-5-11-16)20(22(24)25)14-8-3-9-15-20/h1-2,4-7,10-13,18H,3,8-9,14-15H2,(H,21,23). The minimum Gasteiger partial charge on any atom is -0.338 e. The summed E-state index contributed by atoms with van der Waals surface area (Å²) in [4.78, 5) is 24.6. The van der Waals surface area contributed by atoms with Crippen LogP contribution in [-0.2, 0) is 0 Å². The van der Waals surface area contributed by atoms with Gasteiger partial charge in [0.25, 0.3) is 5.91 Å². The van der Waals surface area contributed by atoms with Crippen LogP contribution in [0, 0.1) is 10.1 Å². The molecule has 130 valence electrons. The van der Waals surface area contributed by atoms with Gasteiger partial charge in [0, 0.05) is 23.3 Å². The summed E-state index contributed by atoms with van der Waals surface area (Å²) in [6, 6.07) is 17.5. The number of amides is 1. The molecule has 2 aromatic carbocycles. The van der Waals surface area contributed by atoms with Gasteiger partial charge < -0.3 is 5.32 Å². The van der Waals surface area contributed by atoms with E-state index in [2.05, 4.69) is 5.32 Å². The molecule has 1 atom stereocenters. The Morgan fingerprint density at radius 2 is 1.52 bits per heavy atom. The zero-order valence-electron chi connectivity index (χ0n) is 14.1. The average molecular weight is 338 g/mol. The minimum atomic E-state index is -1.15. The summed E-state index contributed by atoms with van der Waals surface area (Å²) in [6.07, 6.45) is 3.59. The summed E-state index contributed by atoms with van der Waals surface area (Å²) in [7, 11) is 0. The number of hydrogen-bond donors (Lipinski definition) is 1. The van der Waals surface area contributed by atoms with Gasteiger partial charge >= 0.3 is 0 Å². The summed E-state index contributed by atoms with van der Waals surface area (Å²) < 4.78 is 0. The van der Waals surface area contributed by atoms with E-state index in [-0.39, 0.29) is 10.8 Å². The molecule has 0 aromatic heterocycles. The highest BCUT2D eigenvalue weighted by Gasteiger charge is 2.52. The monoisotopic (exact) mass is 338 g/mol. The van der Waals surface area contributed by atoms with E-state index in [0.29, 0.717) is 18.4 Å². The summed E-state index contributed by atoms with van der Waals surface area (Å²) in [5, 5.41) is 15.0. The molecule has 1 unspecified atom stereocenters. The first-order valence-corrected chi connectivity index (χ1v) is 8.69. The van der Waals surface area contributed by atoms with E-state index in [1.165, 1.54) is 0 Å². The molecule has 0 bridgehead atoms. The Labute approximate surface area is 147 Å². The number of benzene rings is 2. The van der Waals surface area contributed by atoms with Gasteiger partial charge in [0.1, 0.15) is 6.04 Å². The maximum Gasteiger partial charge on any atom is 0.252 e. The van der Waals surface area contributed by atoms with E-state index in [1.807, 2.05) is 36.4 Å². The molecular weight excluding hydrogens is 316 g/mol. The lowest BCUT2D eigenvalue weighted by atomic mass is 9.74. The van der Waals surface area contributed by atoms with E-state index in [9.17, 15) is 14.9 Å². The lowest BCUT2D eigenvalue weighted by molar-refractivity contribution is -0.581. The van der Waals surface area contributed by atoms with Crippen molar-refractivity contribution in [3.8, 4) is 0 Å². The largest absolute Gasteiger partial charge is 0.338 e. The van der Waals surface area contributed by atoms with Crippen LogP contribution in [0.1, 0.15) is 54.1 Å². The van der Waals surface area contributed by atoms with Crippen molar-refractivity contribution in [2.75, 3.05) is 0 Å². The zero-order chi connectivity index (χ0) is 17.7. The second-order valence-corrected chi connectivity index (χ2v) is 6.60. The van der Waals surface area contributed by atoms with Crippen molar-refractivity contribution < 1.29 is 9.72 Å². The molecular formula is C20H22N2O3. The summed E-state index contributed by atoms with van der Waals surface area (Å²) in [5.41, 5.74) is 0.146. The van der Waals surface area contributed by atoms with Crippen molar-refractivity contribution in [1.82, 2.24) is 5.32 Å². The fourth-order valence-electron chi connectivity index (χ4n) is 3.72. The topological polar surface area (TPSA) is 72.2 Å². The average Bonchev–Trinajstić information content (AvgIpc) is 2.67. The molecule has 25 heavy (non-hydrogen) atoms. The first-order chi connectivity index (χ1) is 12.1. The number of carbonyl (C=O) groups excluding carboxylic acids is 1. The highest BCUT2D eigenvalue weighted by Crippen LogP contribution is 2.41. The number of nitrogens with zero attached hydrogens (tertiary/aromatic N) is 1. The van der Waals surface area contributed by atoms with Crippen molar-refractivity contribution in [1.29, 1.82) is 0 Å². The van der Waals surface area contributed by atoms with E-state index < -0.39 is 11.6 Å². The van der Waals surface area contributed by atoms with Crippen LogP contribution in [0.15, 0.2) is 60.7 Å². The Kier molecular flexibility index (Phi) is 5.12. The molecule has 1 aliphatic rings. The summed E-state index contributed by atoms with van der Waals surface area (Å²) >= 11 is 0. The quantitative estimate of drug-likeness (QED) is 0.658. The number of nitro groups is 1. The molecule has 3 rings (SSSR count). The predicted molar refractivity (Wildman–Crippen MR) is 95.9 cm³/mol. The normalized spacial score (nSPS) is 17.4. The van der Waals surface area contributed by atoms with Gasteiger partial charge in [0.05, 0.1) is 0 Å². The number of carbonyl (C=O) groups is 1. The Bertz CT molecular complexity index is 725. The lowest BCUT2D eigenvalue weighted by Gasteiger charge is -2.36. The van der Waals surface area contributed by atoms with E-state index in [1.54, 1.807) is 24.3 Å². The van der Waals surface area contributed by atoms with Crippen LogP contribution >= 0.6 is 0 Å². The Balaban J connectivity index is 1.98. The minimum absolute atomic E-state index is 0.172. The second kappa shape index (κ2) is 7.47. The van der Waals surface area contributed by atoms with Crippen molar-refractivity contribution >= 4 is 5.91 Å². The highest BCUT2D eigenvalue weighted by molar-refractivity contribution is 5.94. The third-order valence-electron chi connectivity index (χ3n) is 5.06. The smallest absolute Gasteiger partial charge is 0.252 e. The first kappa shape index (κ1) is 17.1. The molecule has 0 saturated heterocycles. The van der Waals surface area contributed by atoms with Crippen LogP contribution in [0.2, 0.25) is 0 Å². The van der Waals surface area contributed by atoms with E-state index >= 15 is 0 Å². The van der Waals surface area contributed by atoms with Gasteiger partial charge in [-0.3, -0.25) is 14.9 Å². The van der Waals surface area contributed by atoms with Crippen molar-refractivity contribution in [2.45, 2.75) is 43.7 Å². The molecule has 1 amide bonds. The highest BCUT2D eigenvalue weighted by atomic mass is 16.6. The first-order valence-electron chi connectivity index (χ1n) is 8.69. The molecule has 5 heteroatoms. The second-order valence-electron chi connectivity index (χ2n) is 6.60. The Hall–Kier alpha value is -2.69. The molecule has 5 nitrogen and oxygen atoms in total. The van der Waals surface area contributed by atoms with Gasteiger partial charge in [0.15, 0.2) is 0 Å². The molecule has 0 aliphatic heterocycles. The third kappa shape index (κ3) is 3.55. The van der Waals surface area contributed by atoms with Gasteiger partial charge in [-0.05, 0) is 30.5 Å². The number of hydrogen-bond acceptors (Lipinski definition) is 3. The SMILES string of the molecule is O=C(NC(c1ccccc1)C1([N+](=O)[O-])CCCCC1)c1ccccc1. The Morgan fingerprint density at radius 1 is 0.960 bits per heavy atom. The van der Waals surface area contributed by atoms with Crippen LogP contribution in [-0.4, -0.2) is 16.4 Å². The van der Waals surface area contributed by atoms with Gasteiger partial charge in [-0.15, -0.1) is 0 Å². The van der Waals surface area contributed by atoms with Crippen LogP contribution in [0.4, 0.5) is 0 Å². The number of nitrogens with one attached hydrogen (secondary N) is 1. The van der Waals surface area contributed by atoms with E-state index in [4.69, 9.17) is 0 Å². The molecule has 0 radical (unpaired) electrons. The molecule has 1 aliphatic carbocycles. The maximum absolute atomic E-state index is 12.7. The van der Waals surface area contributed by atoms with Gasteiger partial charge in [0.2, 0.25) is 5.54 Å². The molecule has 1 fully saturated rings. The van der Waals surface area contributed by atoms with E-state index in [0.717, 1.165) is 24.8 Å². The van der Waals surface area contributed by atoms with Crippen LogP contribution in [0.5, 0.6) is 0 Å². The van der Waals surface area contributed by atoms with Crippen LogP contribution < -0.4 is 5.32 Å². The number of rotatable bonds is 5. The van der Waals surface area contributed by atoms with Crippen molar-refractivity contribution in [3.63, 3.8) is 0 Å². The maximum atomic E-state index is 12.7. The predicted octanol–water partition coefficient (Wildman–Crippen LogP) is 4.14. The zero-order valence-corrected chi connectivity index (χ0v) is 14.1. The van der Waals surface area contributed by atoms with Gasteiger partial charge in [-0.2, -0.15) is 0 Å². The van der Waals surface area contributed by atoms with Crippen molar-refractivity contribution in [3.05, 3.63) is 81.9 Å².